The Morgan fingerprint density at radius 3 is 2.53 bits per heavy atom. The van der Waals surface area contributed by atoms with Crippen molar-refractivity contribution in [2.75, 3.05) is 20.6 Å². The smallest absolute Gasteiger partial charge is 0.140 e. The molecular formula is C16H20N+. The predicted octanol–water partition coefficient (Wildman–Crippen LogP) is 3.98. The van der Waals surface area contributed by atoms with Gasteiger partial charge < -0.3 is 0 Å². The average molecular weight is 226 g/mol. The van der Waals surface area contributed by atoms with Gasteiger partial charge >= 0.3 is 0 Å². The van der Waals surface area contributed by atoms with Crippen molar-refractivity contribution in [2.24, 2.45) is 0 Å². The summed E-state index contributed by atoms with van der Waals surface area (Å²) in [5.74, 6) is 0. The summed E-state index contributed by atoms with van der Waals surface area (Å²) in [6.45, 7) is 4.89. The molecule has 2 aromatic rings. The summed E-state index contributed by atoms with van der Waals surface area (Å²) in [6.07, 6.45) is 3.03. The molecule has 0 aromatic heterocycles. The van der Waals surface area contributed by atoms with Gasteiger partial charge in [0.05, 0.1) is 20.6 Å². The molecule has 0 aliphatic heterocycles. The van der Waals surface area contributed by atoms with E-state index in [4.69, 9.17) is 0 Å². The van der Waals surface area contributed by atoms with Gasteiger partial charge in [0.1, 0.15) is 5.69 Å². The van der Waals surface area contributed by atoms with Crippen LogP contribution < -0.4 is 4.48 Å². The molecule has 0 unspecified atom stereocenters. The summed E-state index contributed by atoms with van der Waals surface area (Å²) in [6, 6.07) is 15.1. The van der Waals surface area contributed by atoms with Crippen LogP contribution in [0.3, 0.4) is 0 Å². The molecule has 0 radical (unpaired) electrons. The van der Waals surface area contributed by atoms with Crippen molar-refractivity contribution in [3.8, 4) is 0 Å². The van der Waals surface area contributed by atoms with Gasteiger partial charge in [0, 0.05) is 11.8 Å². The Hall–Kier alpha value is -1.60. The van der Waals surface area contributed by atoms with Crippen molar-refractivity contribution in [3.63, 3.8) is 0 Å². The quantitative estimate of drug-likeness (QED) is 0.546. The average Bonchev–Trinajstić information content (AvgIpc) is 2.36. The van der Waals surface area contributed by atoms with Crippen molar-refractivity contribution >= 4 is 16.5 Å². The molecule has 1 heteroatoms. The summed E-state index contributed by atoms with van der Waals surface area (Å²) >= 11 is 0. The lowest BCUT2D eigenvalue weighted by molar-refractivity contribution is 0.409. The van der Waals surface area contributed by atoms with Crippen LogP contribution in [0, 0.1) is 0 Å². The van der Waals surface area contributed by atoms with E-state index < -0.39 is 0 Å². The minimum Gasteiger partial charge on any atom is -0.295 e. The van der Waals surface area contributed by atoms with Crippen molar-refractivity contribution in [3.05, 3.63) is 55.1 Å². The van der Waals surface area contributed by atoms with Crippen LogP contribution in [0.1, 0.15) is 6.42 Å². The van der Waals surface area contributed by atoms with E-state index in [-0.39, 0.29) is 0 Å². The summed E-state index contributed by atoms with van der Waals surface area (Å²) < 4.78 is 0.896. The molecule has 2 rings (SSSR count). The zero-order chi connectivity index (χ0) is 12.3. The number of hydrogen-bond donors (Lipinski definition) is 0. The Labute approximate surface area is 104 Å². The Bertz CT molecular complexity index is 521. The molecule has 0 aliphatic carbocycles. The monoisotopic (exact) mass is 226 g/mol. The van der Waals surface area contributed by atoms with E-state index in [1.54, 1.807) is 0 Å². The zero-order valence-electron chi connectivity index (χ0n) is 10.7. The van der Waals surface area contributed by atoms with Gasteiger partial charge in [0.25, 0.3) is 0 Å². The lowest BCUT2D eigenvalue weighted by Crippen LogP contribution is -2.41. The van der Waals surface area contributed by atoms with Gasteiger partial charge in [-0.25, -0.2) is 0 Å². The Balaban J connectivity index is 2.50. The third kappa shape index (κ3) is 2.40. The lowest BCUT2D eigenvalue weighted by atomic mass is 10.1. The van der Waals surface area contributed by atoms with Gasteiger partial charge in [0.15, 0.2) is 0 Å². The lowest BCUT2D eigenvalue weighted by Gasteiger charge is -2.30. The van der Waals surface area contributed by atoms with Crippen LogP contribution in [0.2, 0.25) is 0 Å². The van der Waals surface area contributed by atoms with Gasteiger partial charge in [0.2, 0.25) is 0 Å². The van der Waals surface area contributed by atoms with Crippen LogP contribution in [0.25, 0.3) is 10.8 Å². The molecule has 0 N–H and O–H groups in total. The molecule has 0 atom stereocenters. The minimum atomic E-state index is 0.896. The van der Waals surface area contributed by atoms with E-state index >= 15 is 0 Å². The first-order valence-corrected chi connectivity index (χ1v) is 6.07. The second-order valence-electron chi connectivity index (χ2n) is 4.98. The van der Waals surface area contributed by atoms with Gasteiger partial charge in [-0.05, 0) is 17.5 Å². The Morgan fingerprint density at radius 2 is 1.76 bits per heavy atom. The molecule has 0 saturated heterocycles. The molecule has 0 fully saturated rings. The maximum Gasteiger partial charge on any atom is 0.140 e. The molecule has 0 aliphatic rings. The molecule has 88 valence electrons. The van der Waals surface area contributed by atoms with Gasteiger partial charge in [-0.3, -0.25) is 4.48 Å². The fourth-order valence-corrected chi connectivity index (χ4v) is 2.27. The number of hydrogen-bond acceptors (Lipinski definition) is 0. The van der Waals surface area contributed by atoms with E-state index in [9.17, 15) is 0 Å². The molecule has 0 bridgehead atoms. The van der Waals surface area contributed by atoms with Crippen LogP contribution in [-0.2, 0) is 0 Å². The summed E-state index contributed by atoms with van der Waals surface area (Å²) in [5, 5.41) is 2.67. The second-order valence-corrected chi connectivity index (χ2v) is 4.98. The van der Waals surface area contributed by atoms with Crippen LogP contribution in [0.15, 0.2) is 55.1 Å². The highest BCUT2D eigenvalue weighted by Crippen LogP contribution is 2.29. The maximum absolute atomic E-state index is 3.81. The Kier molecular flexibility index (Phi) is 3.30. The molecule has 1 nitrogen and oxygen atoms in total. The van der Waals surface area contributed by atoms with Crippen LogP contribution >= 0.6 is 0 Å². The third-order valence-electron chi connectivity index (χ3n) is 3.31. The van der Waals surface area contributed by atoms with E-state index in [1.165, 1.54) is 16.5 Å². The van der Waals surface area contributed by atoms with E-state index in [0.29, 0.717) is 0 Å². The second kappa shape index (κ2) is 4.72. The van der Waals surface area contributed by atoms with Crippen LogP contribution in [0.5, 0.6) is 0 Å². The third-order valence-corrected chi connectivity index (χ3v) is 3.31. The summed E-state index contributed by atoms with van der Waals surface area (Å²) in [7, 11) is 4.51. The molecular weight excluding hydrogens is 206 g/mol. The first-order chi connectivity index (χ1) is 8.15. The highest BCUT2D eigenvalue weighted by atomic mass is 15.3. The van der Waals surface area contributed by atoms with Crippen LogP contribution in [0.4, 0.5) is 5.69 Å². The minimum absolute atomic E-state index is 0.896. The van der Waals surface area contributed by atoms with Gasteiger partial charge in [-0.15, -0.1) is 6.58 Å². The molecule has 0 heterocycles. The predicted molar refractivity (Wildman–Crippen MR) is 77.3 cm³/mol. The number of nitrogens with zero attached hydrogens (tertiary/aromatic N) is 1. The van der Waals surface area contributed by atoms with E-state index in [2.05, 4.69) is 63.1 Å². The molecule has 0 saturated carbocycles. The maximum atomic E-state index is 3.81. The largest absolute Gasteiger partial charge is 0.295 e. The standard InChI is InChI=1S/C16H20N/c1-4-5-13-17(2,3)16-12-8-10-14-9-6-7-11-15(14)16/h4,6-12H,1,5,13H2,2-3H3/q+1. The first-order valence-electron chi connectivity index (χ1n) is 6.07. The number of rotatable bonds is 4. The summed E-state index contributed by atoms with van der Waals surface area (Å²) in [5.41, 5.74) is 1.38. The fourth-order valence-electron chi connectivity index (χ4n) is 2.27. The topological polar surface area (TPSA) is 0 Å². The molecule has 0 amide bonds. The van der Waals surface area contributed by atoms with Gasteiger partial charge in [-0.2, -0.15) is 0 Å². The highest BCUT2D eigenvalue weighted by molar-refractivity contribution is 5.93. The molecule has 17 heavy (non-hydrogen) atoms. The summed E-state index contributed by atoms with van der Waals surface area (Å²) in [4.78, 5) is 0. The van der Waals surface area contributed by atoms with Crippen molar-refractivity contribution < 1.29 is 0 Å². The molecule has 0 spiro atoms. The van der Waals surface area contributed by atoms with E-state index in [0.717, 1.165) is 17.4 Å². The normalized spacial score (nSPS) is 11.6. The fraction of sp³-hybridized carbons (Fsp3) is 0.250. The number of quaternary nitrogens is 1. The highest BCUT2D eigenvalue weighted by Gasteiger charge is 2.20. The first kappa shape index (κ1) is 11.9. The van der Waals surface area contributed by atoms with Crippen molar-refractivity contribution in [2.45, 2.75) is 6.42 Å². The van der Waals surface area contributed by atoms with Crippen molar-refractivity contribution in [1.82, 2.24) is 4.48 Å². The SMILES string of the molecule is C=CCC[N+](C)(C)c1cccc2ccccc12. The Morgan fingerprint density at radius 1 is 1.06 bits per heavy atom. The van der Waals surface area contributed by atoms with Crippen molar-refractivity contribution in [1.29, 1.82) is 0 Å². The van der Waals surface area contributed by atoms with E-state index in [1.807, 2.05) is 6.08 Å². The zero-order valence-corrected chi connectivity index (χ0v) is 10.7. The van der Waals surface area contributed by atoms with Gasteiger partial charge in [-0.1, -0.05) is 36.4 Å². The molecule has 2 aromatic carbocycles. The number of fused-ring (bicyclic) bond motifs is 1. The number of benzene rings is 2. The van der Waals surface area contributed by atoms with Crippen LogP contribution in [-0.4, -0.2) is 20.6 Å².